The molecule has 0 unspecified atom stereocenters. The molecular weight excluding hydrogens is 248 g/mol. The Kier molecular flexibility index (Phi) is 3.01. The summed E-state index contributed by atoms with van der Waals surface area (Å²) in [5.74, 6) is -2.00. The van der Waals surface area contributed by atoms with E-state index >= 15 is 0 Å². The predicted octanol–water partition coefficient (Wildman–Crippen LogP) is 2.26. The Morgan fingerprint density at radius 3 is 2.82 bits per heavy atom. The lowest BCUT2D eigenvalue weighted by Crippen LogP contribution is -2.13. The number of nitrogens with zero attached hydrogens (tertiary/aromatic N) is 1. The number of benzene rings is 1. The minimum atomic E-state index is -0.719. The van der Waals surface area contributed by atoms with Crippen molar-refractivity contribution in [2.75, 3.05) is 11.1 Å². The number of aromatic nitrogens is 1. The van der Waals surface area contributed by atoms with Gasteiger partial charge in [0.05, 0.1) is 5.69 Å². The van der Waals surface area contributed by atoms with Gasteiger partial charge >= 0.3 is 0 Å². The molecule has 1 aromatic heterocycles. The number of carbonyl (C=O) groups is 1. The Labute approximate surface area is 99.1 Å². The molecule has 4 nitrogen and oxygen atoms in total. The number of anilines is 2. The molecule has 7 heteroatoms. The molecule has 0 atom stereocenters. The minimum absolute atomic E-state index is 0.0659. The molecule has 0 spiro atoms. The highest BCUT2D eigenvalue weighted by atomic mass is 32.1. The van der Waals surface area contributed by atoms with Gasteiger partial charge in [-0.2, -0.15) is 0 Å². The van der Waals surface area contributed by atoms with Gasteiger partial charge in [0.2, 0.25) is 0 Å². The molecule has 0 radical (unpaired) electrons. The van der Waals surface area contributed by atoms with Gasteiger partial charge < -0.3 is 11.1 Å². The average molecular weight is 255 g/mol. The normalized spacial score (nSPS) is 10.2. The second-order valence-corrected chi connectivity index (χ2v) is 4.04. The van der Waals surface area contributed by atoms with Crippen molar-refractivity contribution in [2.24, 2.45) is 0 Å². The average Bonchev–Trinajstić information content (AvgIpc) is 2.70. The third-order valence-electron chi connectivity index (χ3n) is 1.93. The molecule has 0 aliphatic rings. The van der Waals surface area contributed by atoms with Gasteiger partial charge in [0.25, 0.3) is 5.91 Å². The van der Waals surface area contributed by atoms with E-state index in [1.165, 1.54) is 5.38 Å². The molecule has 0 saturated heterocycles. The van der Waals surface area contributed by atoms with Crippen LogP contribution in [0.4, 0.5) is 19.6 Å². The molecule has 1 amide bonds. The smallest absolute Gasteiger partial charge is 0.275 e. The van der Waals surface area contributed by atoms with E-state index in [1.807, 2.05) is 0 Å². The Morgan fingerprint density at radius 2 is 2.18 bits per heavy atom. The molecule has 0 saturated carbocycles. The first kappa shape index (κ1) is 11.5. The summed E-state index contributed by atoms with van der Waals surface area (Å²) >= 11 is 1.09. The van der Waals surface area contributed by atoms with Crippen molar-refractivity contribution in [1.29, 1.82) is 0 Å². The highest BCUT2D eigenvalue weighted by Crippen LogP contribution is 2.17. The number of halogens is 2. The SMILES string of the molecule is Nc1nc(C(=O)Nc2cc(F)ccc2F)cs1. The lowest BCUT2D eigenvalue weighted by atomic mass is 10.3. The number of nitrogens with two attached hydrogens (primary N) is 1. The number of amides is 1. The van der Waals surface area contributed by atoms with Gasteiger partial charge in [-0.1, -0.05) is 0 Å². The summed E-state index contributed by atoms with van der Waals surface area (Å²) in [5.41, 5.74) is 5.19. The standard InChI is InChI=1S/C10H7F2N3OS/c11-5-1-2-6(12)7(3-5)14-9(16)8-4-17-10(13)15-8/h1-4H,(H2,13,15)(H,14,16). The molecule has 17 heavy (non-hydrogen) atoms. The largest absolute Gasteiger partial charge is 0.375 e. The highest BCUT2D eigenvalue weighted by Gasteiger charge is 2.12. The summed E-state index contributed by atoms with van der Waals surface area (Å²) in [6, 6.07) is 2.79. The number of carbonyl (C=O) groups excluding carboxylic acids is 1. The van der Waals surface area contributed by atoms with Crippen molar-refractivity contribution in [1.82, 2.24) is 4.98 Å². The number of rotatable bonds is 2. The van der Waals surface area contributed by atoms with E-state index in [1.54, 1.807) is 0 Å². The predicted molar refractivity (Wildman–Crippen MR) is 60.8 cm³/mol. The summed E-state index contributed by atoms with van der Waals surface area (Å²) in [7, 11) is 0. The van der Waals surface area contributed by atoms with Gasteiger partial charge in [-0.05, 0) is 12.1 Å². The fraction of sp³-hybridized carbons (Fsp3) is 0. The highest BCUT2D eigenvalue weighted by molar-refractivity contribution is 7.13. The van der Waals surface area contributed by atoms with Crippen molar-refractivity contribution in [3.05, 3.63) is 40.9 Å². The summed E-state index contributed by atoms with van der Waals surface area (Å²) < 4.78 is 26.1. The minimum Gasteiger partial charge on any atom is -0.375 e. The molecule has 2 aromatic rings. The van der Waals surface area contributed by atoms with E-state index in [4.69, 9.17) is 5.73 Å². The number of thiazole rings is 1. The maximum absolute atomic E-state index is 13.2. The van der Waals surface area contributed by atoms with Gasteiger partial charge in [-0.25, -0.2) is 13.8 Å². The Bertz CT molecular complexity index is 570. The van der Waals surface area contributed by atoms with Gasteiger partial charge in [0, 0.05) is 11.4 Å². The molecule has 2 rings (SSSR count). The zero-order valence-corrected chi connectivity index (χ0v) is 9.22. The van der Waals surface area contributed by atoms with Crippen molar-refractivity contribution in [3.8, 4) is 0 Å². The topological polar surface area (TPSA) is 68.0 Å². The maximum Gasteiger partial charge on any atom is 0.275 e. The number of nitrogens with one attached hydrogen (secondary N) is 1. The van der Waals surface area contributed by atoms with Crippen molar-refractivity contribution >= 4 is 28.1 Å². The third kappa shape index (κ3) is 2.56. The van der Waals surface area contributed by atoms with Crippen LogP contribution in [0.15, 0.2) is 23.6 Å². The second kappa shape index (κ2) is 4.46. The molecule has 0 bridgehead atoms. The van der Waals surface area contributed by atoms with E-state index in [2.05, 4.69) is 10.3 Å². The van der Waals surface area contributed by atoms with Gasteiger partial charge in [-0.15, -0.1) is 11.3 Å². The molecular formula is C10H7F2N3OS. The van der Waals surface area contributed by atoms with Crippen molar-refractivity contribution in [2.45, 2.75) is 0 Å². The molecule has 1 heterocycles. The molecule has 1 aromatic carbocycles. The van der Waals surface area contributed by atoms with E-state index in [0.717, 1.165) is 29.5 Å². The maximum atomic E-state index is 13.2. The Morgan fingerprint density at radius 1 is 1.41 bits per heavy atom. The quantitative estimate of drug-likeness (QED) is 0.864. The van der Waals surface area contributed by atoms with Crippen LogP contribution in [-0.4, -0.2) is 10.9 Å². The van der Waals surface area contributed by atoms with Crippen LogP contribution in [0.25, 0.3) is 0 Å². The fourth-order valence-corrected chi connectivity index (χ4v) is 1.71. The van der Waals surface area contributed by atoms with Crippen LogP contribution in [0.1, 0.15) is 10.5 Å². The molecule has 88 valence electrons. The zero-order valence-electron chi connectivity index (χ0n) is 8.41. The summed E-state index contributed by atoms with van der Waals surface area (Å²) in [5, 5.41) is 3.88. The Hall–Kier alpha value is -2.02. The molecule has 0 fully saturated rings. The lowest BCUT2D eigenvalue weighted by Gasteiger charge is -2.04. The zero-order chi connectivity index (χ0) is 12.4. The number of nitrogen functional groups attached to an aromatic ring is 1. The lowest BCUT2D eigenvalue weighted by molar-refractivity contribution is 0.102. The van der Waals surface area contributed by atoms with Gasteiger partial charge in [0.1, 0.15) is 17.3 Å². The second-order valence-electron chi connectivity index (χ2n) is 3.15. The molecule has 0 aliphatic heterocycles. The van der Waals surface area contributed by atoms with Gasteiger partial charge in [0.15, 0.2) is 5.13 Å². The van der Waals surface area contributed by atoms with Crippen LogP contribution in [0.3, 0.4) is 0 Å². The first-order valence-corrected chi connectivity index (χ1v) is 5.41. The van der Waals surface area contributed by atoms with E-state index in [-0.39, 0.29) is 16.5 Å². The van der Waals surface area contributed by atoms with Crippen LogP contribution in [-0.2, 0) is 0 Å². The first-order chi connectivity index (χ1) is 8.06. The van der Waals surface area contributed by atoms with E-state index in [9.17, 15) is 13.6 Å². The molecule has 0 aliphatic carbocycles. The number of hydrogen-bond donors (Lipinski definition) is 2. The van der Waals surface area contributed by atoms with E-state index in [0.29, 0.717) is 0 Å². The first-order valence-electron chi connectivity index (χ1n) is 4.53. The molecule has 3 N–H and O–H groups in total. The Balaban J connectivity index is 2.21. The van der Waals surface area contributed by atoms with Crippen LogP contribution in [0, 0.1) is 11.6 Å². The summed E-state index contributed by atoms with van der Waals surface area (Å²) in [6.45, 7) is 0. The van der Waals surface area contributed by atoms with E-state index < -0.39 is 17.5 Å². The van der Waals surface area contributed by atoms with Crippen LogP contribution < -0.4 is 11.1 Å². The monoisotopic (exact) mass is 255 g/mol. The van der Waals surface area contributed by atoms with Crippen LogP contribution >= 0.6 is 11.3 Å². The fourth-order valence-electron chi connectivity index (χ4n) is 1.17. The summed E-state index contributed by atoms with van der Waals surface area (Å²) in [6.07, 6.45) is 0. The summed E-state index contributed by atoms with van der Waals surface area (Å²) in [4.78, 5) is 15.3. The van der Waals surface area contributed by atoms with Crippen LogP contribution in [0.2, 0.25) is 0 Å². The third-order valence-corrected chi connectivity index (χ3v) is 2.61. The van der Waals surface area contributed by atoms with Gasteiger partial charge in [-0.3, -0.25) is 4.79 Å². The number of hydrogen-bond acceptors (Lipinski definition) is 4. The van der Waals surface area contributed by atoms with Crippen molar-refractivity contribution < 1.29 is 13.6 Å². The van der Waals surface area contributed by atoms with Crippen LogP contribution in [0.5, 0.6) is 0 Å². The van der Waals surface area contributed by atoms with Crippen molar-refractivity contribution in [3.63, 3.8) is 0 Å².